The minimum atomic E-state index is -3.42. The van der Waals surface area contributed by atoms with Gasteiger partial charge in [0.1, 0.15) is 0 Å². The van der Waals surface area contributed by atoms with Gasteiger partial charge in [-0.3, -0.25) is 0 Å². The van der Waals surface area contributed by atoms with Crippen LogP contribution in [0.3, 0.4) is 0 Å². The van der Waals surface area contributed by atoms with Crippen LogP contribution in [0.4, 0.5) is 0 Å². The Balaban J connectivity index is 2.51. The normalized spacial score (nSPS) is 12.0. The Kier molecular flexibility index (Phi) is 6.99. The second-order valence-corrected chi connectivity index (χ2v) is 6.80. The summed E-state index contributed by atoms with van der Waals surface area (Å²) in [6.45, 7) is 7.57. The molecule has 0 saturated carbocycles. The minimum absolute atomic E-state index is 0.290. The molecule has 1 aromatic carbocycles. The Morgan fingerprint density at radius 2 is 1.84 bits per heavy atom. The Bertz CT molecular complexity index is 487. The summed E-state index contributed by atoms with van der Waals surface area (Å²) in [4.78, 5) is 2.56. The van der Waals surface area contributed by atoms with Crippen LogP contribution in [0.2, 0.25) is 0 Å². The molecule has 19 heavy (non-hydrogen) atoms. The molecule has 0 aromatic heterocycles. The molecular weight excluding hydrogens is 328 g/mol. The molecule has 0 aliphatic carbocycles. The van der Waals surface area contributed by atoms with Crippen LogP contribution in [-0.2, 0) is 10.0 Å². The van der Waals surface area contributed by atoms with Crippen LogP contribution in [-0.4, -0.2) is 39.5 Å². The van der Waals surface area contributed by atoms with Crippen molar-refractivity contribution in [2.24, 2.45) is 0 Å². The molecule has 0 saturated heterocycles. The molecular formula is C13H21BrN2O2S. The Morgan fingerprint density at radius 1 is 1.21 bits per heavy atom. The van der Waals surface area contributed by atoms with Crippen LogP contribution < -0.4 is 4.72 Å². The average molecular weight is 349 g/mol. The first-order valence-corrected chi connectivity index (χ1v) is 8.75. The van der Waals surface area contributed by atoms with Crippen molar-refractivity contribution in [3.8, 4) is 0 Å². The molecule has 0 aliphatic heterocycles. The standard InChI is InChI=1S/C13H21BrN2O2S/c1-3-16(4-2)11-7-10-15-19(17,18)13-9-6-5-8-12(13)14/h5-6,8-9,15H,3-4,7,10-11H2,1-2H3. The summed E-state index contributed by atoms with van der Waals surface area (Å²) in [7, 11) is -3.42. The molecule has 0 unspecified atom stereocenters. The zero-order chi connectivity index (χ0) is 14.3. The Morgan fingerprint density at radius 3 is 2.42 bits per heavy atom. The van der Waals surface area contributed by atoms with Gasteiger partial charge in [-0.25, -0.2) is 13.1 Å². The lowest BCUT2D eigenvalue weighted by Gasteiger charge is -2.17. The monoisotopic (exact) mass is 348 g/mol. The van der Waals surface area contributed by atoms with E-state index in [-0.39, 0.29) is 4.90 Å². The third kappa shape index (κ3) is 5.22. The highest BCUT2D eigenvalue weighted by Crippen LogP contribution is 2.20. The fourth-order valence-corrected chi connectivity index (χ4v) is 3.86. The number of nitrogens with zero attached hydrogens (tertiary/aromatic N) is 1. The number of hydrogen-bond donors (Lipinski definition) is 1. The van der Waals surface area contributed by atoms with Crippen LogP contribution in [0.1, 0.15) is 20.3 Å². The summed E-state index contributed by atoms with van der Waals surface area (Å²) in [5.41, 5.74) is 0. The summed E-state index contributed by atoms with van der Waals surface area (Å²) in [5, 5.41) is 0. The highest BCUT2D eigenvalue weighted by Gasteiger charge is 2.16. The van der Waals surface area contributed by atoms with Gasteiger partial charge in [-0.2, -0.15) is 0 Å². The summed E-state index contributed by atoms with van der Waals surface area (Å²) < 4.78 is 27.4. The lowest BCUT2D eigenvalue weighted by molar-refractivity contribution is 0.300. The minimum Gasteiger partial charge on any atom is -0.304 e. The highest BCUT2D eigenvalue weighted by atomic mass is 79.9. The number of nitrogens with one attached hydrogen (secondary N) is 1. The summed E-state index contributed by atoms with van der Waals surface area (Å²) in [6, 6.07) is 6.83. The van der Waals surface area contributed by atoms with Gasteiger partial charge < -0.3 is 4.90 Å². The molecule has 0 aliphatic rings. The van der Waals surface area contributed by atoms with Gasteiger partial charge in [-0.1, -0.05) is 26.0 Å². The quantitative estimate of drug-likeness (QED) is 0.734. The van der Waals surface area contributed by atoms with Gasteiger partial charge in [-0.05, 0) is 54.1 Å². The molecule has 1 aromatic rings. The number of halogens is 1. The predicted octanol–water partition coefficient (Wildman–Crippen LogP) is 2.46. The van der Waals surface area contributed by atoms with E-state index < -0.39 is 10.0 Å². The molecule has 6 heteroatoms. The number of rotatable bonds is 8. The van der Waals surface area contributed by atoms with Crippen molar-refractivity contribution in [2.75, 3.05) is 26.2 Å². The van der Waals surface area contributed by atoms with E-state index in [1.807, 2.05) is 0 Å². The fourth-order valence-electron chi connectivity index (χ4n) is 1.79. The van der Waals surface area contributed by atoms with Gasteiger partial charge in [0, 0.05) is 11.0 Å². The maximum absolute atomic E-state index is 12.1. The number of benzene rings is 1. The third-order valence-corrected chi connectivity index (χ3v) is 5.44. The molecule has 4 nitrogen and oxygen atoms in total. The fraction of sp³-hybridized carbons (Fsp3) is 0.538. The van der Waals surface area contributed by atoms with Crippen molar-refractivity contribution < 1.29 is 8.42 Å². The van der Waals surface area contributed by atoms with Gasteiger partial charge >= 0.3 is 0 Å². The molecule has 1 N–H and O–H groups in total. The van der Waals surface area contributed by atoms with Crippen LogP contribution in [0, 0.1) is 0 Å². The molecule has 0 fully saturated rings. The maximum atomic E-state index is 12.1. The first-order valence-electron chi connectivity index (χ1n) is 6.47. The molecule has 0 bridgehead atoms. The van der Waals surface area contributed by atoms with Crippen molar-refractivity contribution in [3.05, 3.63) is 28.7 Å². The predicted molar refractivity (Wildman–Crippen MR) is 81.7 cm³/mol. The van der Waals surface area contributed by atoms with Crippen LogP contribution in [0.15, 0.2) is 33.6 Å². The van der Waals surface area contributed by atoms with E-state index in [1.54, 1.807) is 24.3 Å². The topological polar surface area (TPSA) is 49.4 Å². The van der Waals surface area contributed by atoms with Crippen molar-refractivity contribution in [1.82, 2.24) is 9.62 Å². The molecule has 0 atom stereocenters. The first kappa shape index (κ1) is 16.6. The Hall–Kier alpha value is -0.430. The molecule has 0 radical (unpaired) electrons. The van der Waals surface area contributed by atoms with E-state index in [0.29, 0.717) is 11.0 Å². The van der Waals surface area contributed by atoms with E-state index in [0.717, 1.165) is 26.1 Å². The van der Waals surface area contributed by atoms with Crippen LogP contribution >= 0.6 is 15.9 Å². The summed E-state index contributed by atoms with van der Waals surface area (Å²) in [6.07, 6.45) is 0.811. The lowest BCUT2D eigenvalue weighted by Crippen LogP contribution is -2.30. The van der Waals surface area contributed by atoms with Crippen LogP contribution in [0.5, 0.6) is 0 Å². The first-order chi connectivity index (χ1) is 9.01. The molecule has 0 amide bonds. The van der Waals surface area contributed by atoms with E-state index in [1.165, 1.54) is 0 Å². The lowest BCUT2D eigenvalue weighted by atomic mass is 10.4. The Labute approximate surface area is 124 Å². The van der Waals surface area contributed by atoms with Crippen molar-refractivity contribution in [3.63, 3.8) is 0 Å². The SMILES string of the molecule is CCN(CC)CCCNS(=O)(=O)c1ccccc1Br. The number of sulfonamides is 1. The van der Waals surface area contributed by atoms with Crippen molar-refractivity contribution in [2.45, 2.75) is 25.2 Å². The third-order valence-electron chi connectivity index (χ3n) is 2.96. The van der Waals surface area contributed by atoms with Gasteiger partial charge in [0.25, 0.3) is 0 Å². The van der Waals surface area contributed by atoms with E-state index in [9.17, 15) is 8.42 Å². The average Bonchev–Trinajstić information content (AvgIpc) is 2.39. The molecule has 0 spiro atoms. The molecule has 0 heterocycles. The largest absolute Gasteiger partial charge is 0.304 e. The number of hydrogen-bond acceptors (Lipinski definition) is 3. The van der Waals surface area contributed by atoms with E-state index >= 15 is 0 Å². The zero-order valence-corrected chi connectivity index (χ0v) is 13.8. The van der Waals surface area contributed by atoms with Gasteiger partial charge in [0.05, 0.1) is 4.90 Å². The maximum Gasteiger partial charge on any atom is 0.241 e. The van der Waals surface area contributed by atoms with Crippen molar-refractivity contribution >= 4 is 26.0 Å². The van der Waals surface area contributed by atoms with Gasteiger partial charge in [-0.15, -0.1) is 0 Å². The second kappa shape index (κ2) is 7.99. The van der Waals surface area contributed by atoms with Gasteiger partial charge in [0.2, 0.25) is 10.0 Å². The van der Waals surface area contributed by atoms with Crippen molar-refractivity contribution in [1.29, 1.82) is 0 Å². The molecule has 108 valence electrons. The van der Waals surface area contributed by atoms with E-state index in [4.69, 9.17) is 0 Å². The second-order valence-electron chi connectivity index (χ2n) is 4.21. The van der Waals surface area contributed by atoms with Gasteiger partial charge in [0.15, 0.2) is 0 Å². The summed E-state index contributed by atoms with van der Waals surface area (Å²) in [5.74, 6) is 0. The van der Waals surface area contributed by atoms with Crippen LogP contribution in [0.25, 0.3) is 0 Å². The molecule has 1 rings (SSSR count). The smallest absolute Gasteiger partial charge is 0.241 e. The zero-order valence-electron chi connectivity index (χ0n) is 11.4. The summed E-state index contributed by atoms with van der Waals surface area (Å²) >= 11 is 3.26. The highest BCUT2D eigenvalue weighted by molar-refractivity contribution is 9.10. The van der Waals surface area contributed by atoms with E-state index in [2.05, 4.69) is 39.4 Å².